The van der Waals surface area contributed by atoms with Gasteiger partial charge in [0, 0.05) is 6.42 Å². The molecular formula is C12H15NO3. The summed E-state index contributed by atoms with van der Waals surface area (Å²) in [5.41, 5.74) is 0.518. The molecule has 0 bridgehead atoms. The first-order valence-corrected chi connectivity index (χ1v) is 5.23. The van der Waals surface area contributed by atoms with Gasteiger partial charge < -0.3 is 10.1 Å². The lowest BCUT2D eigenvalue weighted by Crippen LogP contribution is -2.27. The summed E-state index contributed by atoms with van der Waals surface area (Å²) >= 11 is 0. The van der Waals surface area contributed by atoms with E-state index >= 15 is 0 Å². The summed E-state index contributed by atoms with van der Waals surface area (Å²) in [7, 11) is 0. The molecule has 0 spiro atoms. The molecule has 4 nitrogen and oxygen atoms in total. The van der Waals surface area contributed by atoms with Crippen LogP contribution in [0.1, 0.15) is 23.7 Å². The van der Waals surface area contributed by atoms with Crippen molar-refractivity contribution in [2.45, 2.75) is 13.3 Å². The molecule has 0 heterocycles. The lowest BCUT2D eigenvalue weighted by atomic mass is 10.2. The number of ether oxygens (including phenoxy) is 1. The third-order valence-electron chi connectivity index (χ3n) is 1.99. The molecule has 1 amide bonds. The second kappa shape index (κ2) is 6.61. The van der Waals surface area contributed by atoms with Crippen LogP contribution in [0, 0.1) is 0 Å². The Balaban J connectivity index is 2.24. The molecule has 0 fully saturated rings. The van der Waals surface area contributed by atoms with Crippen molar-refractivity contribution in [2.24, 2.45) is 0 Å². The fourth-order valence-corrected chi connectivity index (χ4v) is 1.12. The number of nitrogens with one attached hydrogen (secondary N) is 1. The maximum Gasteiger partial charge on any atom is 0.338 e. The number of benzene rings is 1. The second-order valence-corrected chi connectivity index (χ2v) is 3.21. The average molecular weight is 221 g/mol. The van der Waals surface area contributed by atoms with E-state index in [0.717, 1.165) is 0 Å². The maximum atomic E-state index is 11.4. The van der Waals surface area contributed by atoms with Gasteiger partial charge in [-0.15, -0.1) is 0 Å². The maximum absolute atomic E-state index is 11.4. The Morgan fingerprint density at radius 1 is 1.25 bits per heavy atom. The molecule has 1 N–H and O–H groups in total. The van der Waals surface area contributed by atoms with E-state index in [1.165, 1.54) is 0 Å². The van der Waals surface area contributed by atoms with E-state index < -0.39 is 0 Å². The number of rotatable bonds is 5. The molecular weight excluding hydrogens is 206 g/mol. The minimum Gasteiger partial charge on any atom is -0.460 e. The van der Waals surface area contributed by atoms with Crippen molar-refractivity contribution in [3.05, 3.63) is 35.9 Å². The Labute approximate surface area is 94.6 Å². The van der Waals surface area contributed by atoms with Crippen LogP contribution in [0.3, 0.4) is 0 Å². The van der Waals surface area contributed by atoms with Crippen molar-refractivity contribution >= 4 is 11.9 Å². The van der Waals surface area contributed by atoms with Crippen molar-refractivity contribution in [2.75, 3.05) is 13.2 Å². The van der Waals surface area contributed by atoms with Gasteiger partial charge in [0.2, 0.25) is 5.91 Å². The minimum absolute atomic E-state index is 0.0456. The quantitative estimate of drug-likeness (QED) is 0.603. The van der Waals surface area contributed by atoms with Gasteiger partial charge in [-0.1, -0.05) is 25.1 Å². The molecule has 0 saturated carbocycles. The van der Waals surface area contributed by atoms with Crippen molar-refractivity contribution in [1.29, 1.82) is 0 Å². The SMILES string of the molecule is CCC(=O)NCCOC(=O)c1ccccc1. The standard InChI is InChI=1S/C12H15NO3/c1-2-11(14)13-8-9-16-12(15)10-6-4-3-5-7-10/h3-7H,2,8-9H2,1H3,(H,13,14). The number of amides is 1. The van der Waals surface area contributed by atoms with Gasteiger partial charge >= 0.3 is 5.97 Å². The molecule has 0 aliphatic carbocycles. The zero-order valence-electron chi connectivity index (χ0n) is 9.23. The highest BCUT2D eigenvalue weighted by Crippen LogP contribution is 2.00. The molecule has 0 aliphatic rings. The topological polar surface area (TPSA) is 55.4 Å². The molecule has 0 atom stereocenters. The van der Waals surface area contributed by atoms with Crippen LogP contribution < -0.4 is 5.32 Å². The fraction of sp³-hybridized carbons (Fsp3) is 0.333. The lowest BCUT2D eigenvalue weighted by Gasteiger charge is -2.05. The average Bonchev–Trinajstić information content (AvgIpc) is 2.35. The number of carbonyl (C=O) groups is 2. The summed E-state index contributed by atoms with van der Waals surface area (Å²) < 4.78 is 4.97. The molecule has 1 aromatic carbocycles. The van der Waals surface area contributed by atoms with Gasteiger partial charge in [0.05, 0.1) is 12.1 Å². The number of carbonyl (C=O) groups excluding carboxylic acids is 2. The predicted octanol–water partition coefficient (Wildman–Crippen LogP) is 1.37. The molecule has 0 unspecified atom stereocenters. The Kier molecular flexibility index (Phi) is 5.05. The summed E-state index contributed by atoms with van der Waals surface area (Å²) in [4.78, 5) is 22.3. The number of hydrogen-bond donors (Lipinski definition) is 1. The van der Waals surface area contributed by atoms with Crippen LogP contribution >= 0.6 is 0 Å². The van der Waals surface area contributed by atoms with Crippen molar-refractivity contribution in [1.82, 2.24) is 5.32 Å². The van der Waals surface area contributed by atoms with Crippen LogP contribution in [0.4, 0.5) is 0 Å². The minimum atomic E-state index is -0.369. The molecule has 1 aromatic rings. The van der Waals surface area contributed by atoms with E-state index in [1.54, 1.807) is 31.2 Å². The monoisotopic (exact) mass is 221 g/mol. The second-order valence-electron chi connectivity index (χ2n) is 3.21. The van der Waals surface area contributed by atoms with Crippen LogP contribution in [-0.2, 0) is 9.53 Å². The zero-order valence-corrected chi connectivity index (χ0v) is 9.23. The molecule has 0 radical (unpaired) electrons. The summed E-state index contributed by atoms with van der Waals surface area (Å²) in [5, 5.41) is 2.62. The highest BCUT2D eigenvalue weighted by molar-refractivity contribution is 5.89. The fourth-order valence-electron chi connectivity index (χ4n) is 1.12. The molecule has 1 rings (SSSR count). The summed E-state index contributed by atoms with van der Waals surface area (Å²) in [6.07, 6.45) is 0.437. The first kappa shape index (κ1) is 12.2. The van der Waals surface area contributed by atoms with Crippen molar-refractivity contribution < 1.29 is 14.3 Å². The van der Waals surface area contributed by atoms with Gasteiger partial charge in [-0.05, 0) is 12.1 Å². The smallest absolute Gasteiger partial charge is 0.338 e. The normalized spacial score (nSPS) is 9.56. The van der Waals surface area contributed by atoms with Gasteiger partial charge in [0.1, 0.15) is 6.61 Å². The van der Waals surface area contributed by atoms with E-state index in [0.29, 0.717) is 18.5 Å². The van der Waals surface area contributed by atoms with Crippen molar-refractivity contribution in [3.63, 3.8) is 0 Å². The molecule has 16 heavy (non-hydrogen) atoms. The van der Waals surface area contributed by atoms with E-state index in [9.17, 15) is 9.59 Å². The first-order valence-electron chi connectivity index (χ1n) is 5.23. The zero-order chi connectivity index (χ0) is 11.8. The first-order chi connectivity index (χ1) is 7.74. The molecule has 4 heteroatoms. The van der Waals surface area contributed by atoms with Gasteiger partial charge in [-0.25, -0.2) is 4.79 Å². The van der Waals surface area contributed by atoms with E-state index in [-0.39, 0.29) is 18.5 Å². The summed E-state index contributed by atoms with van der Waals surface area (Å²) in [6, 6.07) is 8.75. The van der Waals surface area contributed by atoms with E-state index in [4.69, 9.17) is 4.74 Å². The Morgan fingerprint density at radius 3 is 2.56 bits per heavy atom. The molecule has 0 saturated heterocycles. The van der Waals surface area contributed by atoms with Crippen LogP contribution in [0.15, 0.2) is 30.3 Å². The molecule has 0 aliphatic heterocycles. The molecule has 0 aromatic heterocycles. The van der Waals surface area contributed by atoms with Crippen LogP contribution in [0.2, 0.25) is 0 Å². The van der Waals surface area contributed by atoms with Gasteiger partial charge in [0.25, 0.3) is 0 Å². The van der Waals surface area contributed by atoms with Crippen LogP contribution in [0.5, 0.6) is 0 Å². The largest absolute Gasteiger partial charge is 0.460 e. The highest BCUT2D eigenvalue weighted by atomic mass is 16.5. The Bertz CT molecular complexity index is 349. The van der Waals surface area contributed by atoms with Crippen molar-refractivity contribution in [3.8, 4) is 0 Å². The molecule has 86 valence electrons. The summed E-state index contributed by atoms with van der Waals surface area (Å²) in [6.45, 7) is 2.32. The third-order valence-corrected chi connectivity index (χ3v) is 1.99. The third kappa shape index (κ3) is 4.13. The number of hydrogen-bond acceptors (Lipinski definition) is 3. The van der Waals surface area contributed by atoms with Gasteiger partial charge in [-0.3, -0.25) is 4.79 Å². The summed E-state index contributed by atoms with van der Waals surface area (Å²) in [5.74, 6) is -0.415. The highest BCUT2D eigenvalue weighted by Gasteiger charge is 2.05. The van der Waals surface area contributed by atoms with Gasteiger partial charge in [-0.2, -0.15) is 0 Å². The van der Waals surface area contributed by atoms with E-state index in [1.807, 2.05) is 6.07 Å². The Morgan fingerprint density at radius 2 is 1.94 bits per heavy atom. The predicted molar refractivity (Wildman–Crippen MR) is 60.0 cm³/mol. The van der Waals surface area contributed by atoms with E-state index in [2.05, 4.69) is 5.32 Å². The van der Waals surface area contributed by atoms with Crippen LogP contribution in [0.25, 0.3) is 0 Å². The van der Waals surface area contributed by atoms with Gasteiger partial charge in [0.15, 0.2) is 0 Å². The Hall–Kier alpha value is -1.84. The lowest BCUT2D eigenvalue weighted by molar-refractivity contribution is -0.120. The van der Waals surface area contributed by atoms with Crippen LogP contribution in [-0.4, -0.2) is 25.0 Å². The number of esters is 1.